The Bertz CT molecular complexity index is 1520. The summed E-state index contributed by atoms with van der Waals surface area (Å²) < 4.78 is 39.1. The Morgan fingerprint density at radius 3 is 2.31 bits per heavy atom. The number of hydrogen-bond acceptors (Lipinski definition) is 6. The average molecular weight is 544 g/mol. The van der Waals surface area contributed by atoms with Crippen molar-refractivity contribution in [1.29, 1.82) is 0 Å². The summed E-state index contributed by atoms with van der Waals surface area (Å²) in [5.74, 6) is 0.564. The molecular formula is C30H29N3O5S. The van der Waals surface area contributed by atoms with Crippen LogP contribution in [0, 0.1) is 6.92 Å². The summed E-state index contributed by atoms with van der Waals surface area (Å²) in [7, 11) is -2.56. The van der Waals surface area contributed by atoms with Crippen molar-refractivity contribution in [2.45, 2.75) is 18.4 Å². The molecule has 0 radical (unpaired) electrons. The van der Waals surface area contributed by atoms with Crippen LogP contribution < -0.4 is 19.2 Å². The van der Waals surface area contributed by atoms with Crippen molar-refractivity contribution >= 4 is 27.8 Å². The van der Waals surface area contributed by atoms with Gasteiger partial charge in [0.1, 0.15) is 24.7 Å². The quantitative estimate of drug-likeness (QED) is 0.214. The molecule has 0 heterocycles. The van der Waals surface area contributed by atoms with Crippen LogP contribution in [0.25, 0.3) is 0 Å². The highest BCUT2D eigenvalue weighted by atomic mass is 32.2. The fraction of sp³-hybridized carbons (Fsp3) is 0.133. The number of carbonyl (C=O) groups is 1. The number of sulfonamides is 1. The van der Waals surface area contributed by atoms with E-state index in [1.165, 1.54) is 25.5 Å². The molecule has 0 aliphatic rings. The smallest absolute Gasteiger partial charge is 0.264 e. The van der Waals surface area contributed by atoms with Crippen LogP contribution in [0.2, 0.25) is 0 Å². The summed E-state index contributed by atoms with van der Waals surface area (Å²) >= 11 is 0. The number of methoxy groups -OCH3 is 1. The molecule has 8 nitrogen and oxygen atoms in total. The lowest BCUT2D eigenvalue weighted by molar-refractivity contribution is -0.119. The van der Waals surface area contributed by atoms with Crippen molar-refractivity contribution in [3.8, 4) is 11.5 Å². The van der Waals surface area contributed by atoms with E-state index in [0.717, 1.165) is 21.0 Å². The van der Waals surface area contributed by atoms with Gasteiger partial charge in [-0.1, -0.05) is 54.1 Å². The summed E-state index contributed by atoms with van der Waals surface area (Å²) in [5, 5.41) is 4.00. The minimum atomic E-state index is -4.05. The minimum absolute atomic E-state index is 0.0711. The molecule has 0 saturated carbocycles. The summed E-state index contributed by atoms with van der Waals surface area (Å²) in [6.45, 7) is 1.85. The lowest BCUT2D eigenvalue weighted by Gasteiger charge is -2.24. The van der Waals surface area contributed by atoms with Gasteiger partial charge in [0.15, 0.2) is 0 Å². The number of nitrogens with zero attached hydrogens (tertiary/aromatic N) is 2. The van der Waals surface area contributed by atoms with Gasteiger partial charge in [-0.2, -0.15) is 5.10 Å². The molecular weight excluding hydrogens is 514 g/mol. The summed E-state index contributed by atoms with van der Waals surface area (Å²) in [4.78, 5) is 12.9. The molecule has 0 atom stereocenters. The zero-order valence-electron chi connectivity index (χ0n) is 21.7. The van der Waals surface area contributed by atoms with Crippen molar-refractivity contribution < 1.29 is 22.7 Å². The largest absolute Gasteiger partial charge is 0.497 e. The number of benzene rings is 4. The van der Waals surface area contributed by atoms with E-state index in [2.05, 4.69) is 10.5 Å². The molecule has 0 aromatic heterocycles. The van der Waals surface area contributed by atoms with Gasteiger partial charge < -0.3 is 9.47 Å². The molecule has 0 spiro atoms. The Morgan fingerprint density at radius 2 is 1.62 bits per heavy atom. The van der Waals surface area contributed by atoms with Gasteiger partial charge in [0, 0.05) is 6.07 Å². The van der Waals surface area contributed by atoms with Crippen molar-refractivity contribution in [2.75, 3.05) is 18.0 Å². The molecule has 0 unspecified atom stereocenters. The van der Waals surface area contributed by atoms with Crippen LogP contribution in [0.1, 0.15) is 16.7 Å². The second kappa shape index (κ2) is 12.7. The third-order valence-corrected chi connectivity index (χ3v) is 7.56. The Morgan fingerprint density at radius 1 is 0.897 bits per heavy atom. The number of rotatable bonds is 11. The molecule has 1 amide bonds. The van der Waals surface area contributed by atoms with E-state index in [1.54, 1.807) is 48.5 Å². The molecule has 0 saturated heterocycles. The maximum Gasteiger partial charge on any atom is 0.264 e. The van der Waals surface area contributed by atoms with Gasteiger partial charge in [-0.25, -0.2) is 13.8 Å². The maximum absolute atomic E-state index is 13.5. The van der Waals surface area contributed by atoms with E-state index in [-0.39, 0.29) is 4.90 Å². The molecule has 0 aliphatic heterocycles. The Labute approximate surface area is 228 Å². The highest BCUT2D eigenvalue weighted by molar-refractivity contribution is 7.92. The van der Waals surface area contributed by atoms with Crippen LogP contribution in [0.3, 0.4) is 0 Å². The molecule has 4 aromatic rings. The normalized spacial score (nSPS) is 11.2. The van der Waals surface area contributed by atoms with Crippen molar-refractivity contribution in [2.24, 2.45) is 5.10 Å². The second-order valence-electron chi connectivity index (χ2n) is 8.66. The van der Waals surface area contributed by atoms with E-state index in [4.69, 9.17) is 9.47 Å². The SMILES string of the molecule is COc1cccc(N(CC(=O)N/N=C\c2ccc(OCc3ccccc3)cc2)S(=O)(=O)c2ccc(C)cc2)c1. The number of amides is 1. The fourth-order valence-electron chi connectivity index (χ4n) is 3.65. The van der Waals surface area contributed by atoms with Crippen LogP contribution in [0.4, 0.5) is 5.69 Å². The van der Waals surface area contributed by atoms with Gasteiger partial charge in [-0.3, -0.25) is 9.10 Å². The van der Waals surface area contributed by atoms with E-state index in [1.807, 2.05) is 49.4 Å². The topological polar surface area (TPSA) is 97.3 Å². The predicted molar refractivity (Wildman–Crippen MR) is 152 cm³/mol. The summed E-state index contributed by atoms with van der Waals surface area (Å²) in [6, 6.07) is 30.1. The average Bonchev–Trinajstić information content (AvgIpc) is 2.96. The van der Waals surface area contributed by atoms with Crippen LogP contribution in [-0.2, 0) is 21.4 Å². The number of hydrazone groups is 1. The van der Waals surface area contributed by atoms with Gasteiger partial charge in [0.05, 0.1) is 23.9 Å². The van der Waals surface area contributed by atoms with Crippen molar-refractivity contribution in [3.05, 3.63) is 120 Å². The van der Waals surface area contributed by atoms with Gasteiger partial charge in [0.25, 0.3) is 15.9 Å². The number of ether oxygens (including phenoxy) is 2. The first-order chi connectivity index (χ1) is 18.8. The zero-order chi connectivity index (χ0) is 27.7. The van der Waals surface area contributed by atoms with Gasteiger partial charge >= 0.3 is 0 Å². The van der Waals surface area contributed by atoms with Crippen LogP contribution in [-0.4, -0.2) is 34.2 Å². The third-order valence-electron chi connectivity index (χ3n) is 5.77. The predicted octanol–water partition coefficient (Wildman–Crippen LogP) is 4.93. The Balaban J connectivity index is 1.43. The molecule has 39 heavy (non-hydrogen) atoms. The number of hydrogen-bond donors (Lipinski definition) is 1. The van der Waals surface area contributed by atoms with Crippen LogP contribution in [0.15, 0.2) is 113 Å². The molecule has 200 valence electrons. The van der Waals surface area contributed by atoms with E-state index in [9.17, 15) is 13.2 Å². The molecule has 4 rings (SSSR count). The van der Waals surface area contributed by atoms with Crippen molar-refractivity contribution in [1.82, 2.24) is 5.43 Å². The first-order valence-electron chi connectivity index (χ1n) is 12.2. The number of aryl methyl sites for hydroxylation is 1. The van der Waals surface area contributed by atoms with E-state index >= 15 is 0 Å². The summed E-state index contributed by atoms with van der Waals surface area (Å²) in [6.07, 6.45) is 1.48. The molecule has 0 aliphatic carbocycles. The first kappa shape index (κ1) is 27.4. The van der Waals surface area contributed by atoms with Crippen molar-refractivity contribution in [3.63, 3.8) is 0 Å². The Kier molecular flexibility index (Phi) is 8.96. The fourth-order valence-corrected chi connectivity index (χ4v) is 5.07. The Hall–Kier alpha value is -4.63. The zero-order valence-corrected chi connectivity index (χ0v) is 22.5. The first-order valence-corrected chi connectivity index (χ1v) is 13.6. The highest BCUT2D eigenvalue weighted by Crippen LogP contribution is 2.27. The molecule has 0 bridgehead atoms. The van der Waals surface area contributed by atoms with Gasteiger partial charge in [-0.05, 0) is 66.6 Å². The molecule has 9 heteroatoms. The van der Waals surface area contributed by atoms with E-state index in [0.29, 0.717) is 23.8 Å². The van der Waals surface area contributed by atoms with Gasteiger partial charge in [0.2, 0.25) is 0 Å². The van der Waals surface area contributed by atoms with Crippen LogP contribution >= 0.6 is 0 Å². The molecule has 0 fully saturated rings. The number of nitrogens with one attached hydrogen (secondary N) is 1. The standard InChI is InChI=1S/C30H29N3O5S/c1-23-11-17-29(18-12-23)39(35,36)33(26-9-6-10-28(19-26)37-2)21-30(34)32-31-20-24-13-15-27(16-14-24)38-22-25-7-4-3-5-8-25/h3-20H,21-22H2,1-2H3,(H,32,34)/b31-20-. The lowest BCUT2D eigenvalue weighted by Crippen LogP contribution is -2.39. The monoisotopic (exact) mass is 543 g/mol. The minimum Gasteiger partial charge on any atom is -0.497 e. The molecule has 1 N–H and O–H groups in total. The number of anilines is 1. The van der Waals surface area contributed by atoms with E-state index < -0.39 is 22.5 Å². The maximum atomic E-state index is 13.5. The second-order valence-corrected chi connectivity index (χ2v) is 10.5. The lowest BCUT2D eigenvalue weighted by atomic mass is 10.2. The van der Waals surface area contributed by atoms with Gasteiger partial charge in [-0.15, -0.1) is 0 Å². The summed E-state index contributed by atoms with van der Waals surface area (Å²) in [5.41, 5.74) is 5.43. The highest BCUT2D eigenvalue weighted by Gasteiger charge is 2.27. The molecule has 4 aromatic carbocycles. The van der Waals surface area contributed by atoms with Crippen LogP contribution in [0.5, 0.6) is 11.5 Å². The number of carbonyl (C=O) groups excluding carboxylic acids is 1. The third kappa shape index (κ3) is 7.45.